The van der Waals surface area contributed by atoms with Crippen LogP contribution in [-0.4, -0.2) is 47.9 Å². The topological polar surface area (TPSA) is 69.9 Å². The summed E-state index contributed by atoms with van der Waals surface area (Å²) < 4.78 is 5.61. The van der Waals surface area contributed by atoms with Crippen molar-refractivity contribution in [3.63, 3.8) is 0 Å². The fraction of sp³-hybridized carbons (Fsp3) is 1.00. The maximum absolute atomic E-state index is 9.23. The third-order valence-electron chi connectivity index (χ3n) is 2.53. The van der Waals surface area contributed by atoms with E-state index < -0.39 is 0 Å². The Kier molecular flexibility index (Phi) is 7.96. The van der Waals surface area contributed by atoms with Crippen LogP contribution in [0.15, 0.2) is 0 Å². The van der Waals surface area contributed by atoms with Gasteiger partial charge in [-0.3, -0.25) is 0 Å². The highest BCUT2D eigenvalue weighted by Crippen LogP contribution is 2.26. The van der Waals surface area contributed by atoms with E-state index in [4.69, 9.17) is 14.9 Å². The average molecular weight is 220 g/mol. The Morgan fingerprint density at radius 2 is 1.67 bits per heavy atom. The Labute approximate surface area is 91.9 Å². The summed E-state index contributed by atoms with van der Waals surface area (Å²) in [5.41, 5.74) is -0.301. The van der Waals surface area contributed by atoms with Crippen LogP contribution in [0.1, 0.15) is 33.1 Å². The monoisotopic (exact) mass is 220 g/mol. The van der Waals surface area contributed by atoms with Gasteiger partial charge in [-0.1, -0.05) is 13.8 Å². The standard InChI is InChI=1S/C11H24O4/c1-11(2,9-14)10(5-3-6-12)15-8-4-7-13/h10,12-14H,3-9H2,1-2H3. The maximum Gasteiger partial charge on any atom is 0.0648 e. The summed E-state index contributed by atoms with van der Waals surface area (Å²) in [6, 6.07) is 0. The highest BCUT2D eigenvalue weighted by molar-refractivity contribution is 4.78. The van der Waals surface area contributed by atoms with Crippen molar-refractivity contribution in [3.05, 3.63) is 0 Å². The Balaban J connectivity index is 4.05. The third kappa shape index (κ3) is 6.10. The molecule has 4 heteroatoms. The van der Waals surface area contributed by atoms with E-state index in [-0.39, 0.29) is 31.3 Å². The molecule has 0 aliphatic carbocycles. The predicted molar refractivity (Wildman–Crippen MR) is 58.6 cm³/mol. The quantitative estimate of drug-likeness (QED) is 0.496. The number of rotatable bonds is 9. The van der Waals surface area contributed by atoms with Crippen LogP contribution in [0.25, 0.3) is 0 Å². The van der Waals surface area contributed by atoms with Gasteiger partial charge in [-0.25, -0.2) is 0 Å². The molecule has 0 aromatic heterocycles. The molecule has 0 aromatic carbocycles. The van der Waals surface area contributed by atoms with Gasteiger partial charge in [-0.2, -0.15) is 0 Å². The van der Waals surface area contributed by atoms with Crippen molar-refractivity contribution in [2.45, 2.75) is 39.2 Å². The van der Waals surface area contributed by atoms with Crippen molar-refractivity contribution in [1.82, 2.24) is 0 Å². The van der Waals surface area contributed by atoms with E-state index in [1.54, 1.807) is 0 Å². The van der Waals surface area contributed by atoms with Crippen molar-refractivity contribution in [3.8, 4) is 0 Å². The Morgan fingerprint density at radius 1 is 1.07 bits per heavy atom. The largest absolute Gasteiger partial charge is 0.396 e. The predicted octanol–water partition coefficient (Wildman–Crippen LogP) is 0.545. The molecular weight excluding hydrogens is 196 g/mol. The van der Waals surface area contributed by atoms with Crippen molar-refractivity contribution < 1.29 is 20.1 Å². The zero-order chi connectivity index (χ0) is 11.7. The molecular formula is C11H24O4. The maximum atomic E-state index is 9.23. The molecule has 0 spiro atoms. The minimum atomic E-state index is -0.301. The summed E-state index contributed by atoms with van der Waals surface area (Å²) in [6.07, 6.45) is 1.95. The van der Waals surface area contributed by atoms with Gasteiger partial charge in [0.05, 0.1) is 12.7 Å². The van der Waals surface area contributed by atoms with Gasteiger partial charge in [-0.05, 0) is 19.3 Å². The first-order chi connectivity index (χ1) is 7.08. The summed E-state index contributed by atoms with van der Waals surface area (Å²) in [6.45, 7) is 4.69. The van der Waals surface area contributed by atoms with E-state index in [9.17, 15) is 5.11 Å². The van der Waals surface area contributed by atoms with Crippen molar-refractivity contribution >= 4 is 0 Å². The Hall–Kier alpha value is -0.160. The van der Waals surface area contributed by atoms with E-state index in [0.29, 0.717) is 19.4 Å². The number of aliphatic hydroxyl groups excluding tert-OH is 3. The molecule has 1 unspecified atom stereocenters. The minimum Gasteiger partial charge on any atom is -0.396 e. The fourth-order valence-electron chi connectivity index (χ4n) is 1.37. The summed E-state index contributed by atoms with van der Waals surface area (Å²) >= 11 is 0. The zero-order valence-corrected chi connectivity index (χ0v) is 9.78. The molecule has 0 rings (SSSR count). The summed E-state index contributed by atoms with van der Waals surface area (Å²) in [7, 11) is 0. The third-order valence-corrected chi connectivity index (χ3v) is 2.53. The SMILES string of the molecule is CC(C)(CO)C(CCCO)OCCCO. The Morgan fingerprint density at radius 3 is 2.13 bits per heavy atom. The van der Waals surface area contributed by atoms with Crippen molar-refractivity contribution in [2.24, 2.45) is 5.41 Å². The van der Waals surface area contributed by atoms with Gasteiger partial charge >= 0.3 is 0 Å². The lowest BCUT2D eigenvalue weighted by Crippen LogP contribution is -2.35. The molecule has 4 nitrogen and oxygen atoms in total. The first kappa shape index (κ1) is 14.8. The van der Waals surface area contributed by atoms with Gasteiger partial charge in [0, 0.05) is 25.2 Å². The van der Waals surface area contributed by atoms with E-state index >= 15 is 0 Å². The molecule has 0 heterocycles. The van der Waals surface area contributed by atoms with Crippen molar-refractivity contribution in [2.75, 3.05) is 26.4 Å². The molecule has 0 bridgehead atoms. The van der Waals surface area contributed by atoms with Gasteiger partial charge in [0.1, 0.15) is 0 Å². The molecule has 0 saturated carbocycles. The second kappa shape index (κ2) is 8.05. The van der Waals surface area contributed by atoms with Crippen LogP contribution in [0.2, 0.25) is 0 Å². The molecule has 3 N–H and O–H groups in total. The van der Waals surface area contributed by atoms with Crippen LogP contribution < -0.4 is 0 Å². The van der Waals surface area contributed by atoms with Gasteiger partial charge in [0.2, 0.25) is 0 Å². The molecule has 0 radical (unpaired) electrons. The molecule has 0 aliphatic rings. The van der Waals surface area contributed by atoms with Crippen LogP contribution in [0.3, 0.4) is 0 Å². The number of ether oxygens (including phenoxy) is 1. The van der Waals surface area contributed by atoms with Crippen LogP contribution >= 0.6 is 0 Å². The van der Waals surface area contributed by atoms with E-state index in [2.05, 4.69) is 0 Å². The minimum absolute atomic E-state index is 0.0578. The molecule has 1 atom stereocenters. The van der Waals surface area contributed by atoms with E-state index in [1.807, 2.05) is 13.8 Å². The van der Waals surface area contributed by atoms with Crippen molar-refractivity contribution in [1.29, 1.82) is 0 Å². The normalized spacial score (nSPS) is 14.2. The van der Waals surface area contributed by atoms with Gasteiger partial charge < -0.3 is 20.1 Å². The molecule has 0 amide bonds. The molecule has 0 fully saturated rings. The lowest BCUT2D eigenvalue weighted by Gasteiger charge is -2.32. The Bertz CT molecular complexity index is 148. The summed E-state index contributed by atoms with van der Waals surface area (Å²) in [4.78, 5) is 0. The van der Waals surface area contributed by atoms with Crippen LogP contribution in [0, 0.1) is 5.41 Å². The molecule has 92 valence electrons. The van der Waals surface area contributed by atoms with Gasteiger partial charge in [0.25, 0.3) is 0 Å². The molecule has 0 aliphatic heterocycles. The van der Waals surface area contributed by atoms with Crippen LogP contribution in [0.5, 0.6) is 0 Å². The van der Waals surface area contributed by atoms with Gasteiger partial charge in [-0.15, -0.1) is 0 Å². The average Bonchev–Trinajstić information content (AvgIpc) is 2.23. The highest BCUT2D eigenvalue weighted by Gasteiger charge is 2.29. The first-order valence-corrected chi connectivity index (χ1v) is 5.52. The lowest BCUT2D eigenvalue weighted by atomic mass is 9.85. The molecule has 0 aromatic rings. The lowest BCUT2D eigenvalue weighted by molar-refractivity contribution is -0.0583. The number of aliphatic hydroxyl groups is 3. The van der Waals surface area contributed by atoms with Gasteiger partial charge in [0.15, 0.2) is 0 Å². The molecule has 15 heavy (non-hydrogen) atoms. The number of hydrogen-bond acceptors (Lipinski definition) is 4. The smallest absolute Gasteiger partial charge is 0.0648 e. The first-order valence-electron chi connectivity index (χ1n) is 5.52. The molecule has 0 saturated heterocycles. The summed E-state index contributed by atoms with van der Waals surface area (Å²) in [5.74, 6) is 0. The highest BCUT2D eigenvalue weighted by atomic mass is 16.5. The van der Waals surface area contributed by atoms with Crippen LogP contribution in [0.4, 0.5) is 0 Å². The second-order valence-electron chi connectivity index (χ2n) is 4.45. The fourth-order valence-corrected chi connectivity index (χ4v) is 1.37. The van der Waals surface area contributed by atoms with Crippen LogP contribution in [-0.2, 0) is 4.74 Å². The zero-order valence-electron chi connectivity index (χ0n) is 9.78. The number of hydrogen-bond donors (Lipinski definition) is 3. The van der Waals surface area contributed by atoms with E-state index in [1.165, 1.54) is 0 Å². The van der Waals surface area contributed by atoms with E-state index in [0.717, 1.165) is 6.42 Å². The summed E-state index contributed by atoms with van der Waals surface area (Å²) in [5, 5.41) is 26.6. The second-order valence-corrected chi connectivity index (χ2v) is 4.45.